The first-order valence-electron chi connectivity index (χ1n) is 4.44. The number of carbonyl (C=O) groups excluding carboxylic acids is 2. The number of nitrogens with zero attached hydrogens (tertiary/aromatic N) is 1. The predicted molar refractivity (Wildman–Crippen MR) is 61.9 cm³/mol. The second-order valence-corrected chi connectivity index (χ2v) is 5.98. The van der Waals surface area contributed by atoms with E-state index in [1.807, 2.05) is 0 Å². The third-order valence-electron chi connectivity index (χ3n) is 1.88. The molecular formula is C9H11NO5S2. The summed E-state index contributed by atoms with van der Waals surface area (Å²) in [4.78, 5) is 23.4. The molecule has 0 saturated heterocycles. The zero-order chi connectivity index (χ0) is 13.2. The lowest BCUT2D eigenvalue weighted by molar-refractivity contribution is 0.0602. The Labute approximate surface area is 103 Å². The summed E-state index contributed by atoms with van der Waals surface area (Å²) < 4.78 is 28.2. The fourth-order valence-electron chi connectivity index (χ4n) is 1.09. The van der Waals surface area contributed by atoms with E-state index in [1.165, 1.54) is 25.5 Å². The van der Waals surface area contributed by atoms with Crippen molar-refractivity contribution in [2.24, 2.45) is 0 Å². The summed E-state index contributed by atoms with van der Waals surface area (Å²) in [7, 11) is -0.392. The molecule has 0 atom stereocenters. The Hall–Kier alpha value is -1.41. The SMILES string of the molecule is COC(=O)c1sccc1S(=O)(=O)C(=O)N(C)C. The molecule has 0 aromatic carbocycles. The quantitative estimate of drug-likeness (QED) is 0.753. The van der Waals surface area contributed by atoms with Crippen LogP contribution < -0.4 is 0 Å². The number of thiophene rings is 1. The van der Waals surface area contributed by atoms with Crippen LogP contribution >= 0.6 is 11.3 Å². The standard InChI is InChI=1S/C9H11NO5S2/c1-10(2)9(12)17(13,14)6-4-5-16-7(6)8(11)15-3/h4-5H,1-3H3. The topological polar surface area (TPSA) is 80.8 Å². The molecule has 0 N–H and O–H groups in total. The van der Waals surface area contributed by atoms with Gasteiger partial charge in [0.2, 0.25) is 0 Å². The van der Waals surface area contributed by atoms with Crippen LogP contribution in [-0.2, 0) is 14.6 Å². The van der Waals surface area contributed by atoms with Gasteiger partial charge in [0.15, 0.2) is 0 Å². The summed E-state index contributed by atoms with van der Waals surface area (Å²) in [5, 5.41) is 0.350. The fourth-order valence-corrected chi connectivity index (χ4v) is 3.59. The van der Waals surface area contributed by atoms with Gasteiger partial charge in [-0.25, -0.2) is 13.2 Å². The zero-order valence-electron chi connectivity index (χ0n) is 9.46. The van der Waals surface area contributed by atoms with Gasteiger partial charge in [-0.3, -0.25) is 4.79 Å². The molecule has 1 amide bonds. The first-order valence-corrected chi connectivity index (χ1v) is 6.80. The highest BCUT2D eigenvalue weighted by atomic mass is 32.2. The molecule has 0 aliphatic rings. The zero-order valence-corrected chi connectivity index (χ0v) is 11.1. The molecule has 1 heterocycles. The number of sulfone groups is 1. The molecule has 0 aliphatic heterocycles. The Morgan fingerprint density at radius 2 is 1.94 bits per heavy atom. The largest absolute Gasteiger partial charge is 0.465 e. The summed E-state index contributed by atoms with van der Waals surface area (Å²) in [5.41, 5.74) is 0. The average molecular weight is 277 g/mol. The lowest BCUT2D eigenvalue weighted by Crippen LogP contribution is -2.29. The van der Waals surface area contributed by atoms with Crippen molar-refractivity contribution in [1.29, 1.82) is 0 Å². The minimum Gasteiger partial charge on any atom is -0.465 e. The van der Waals surface area contributed by atoms with E-state index in [9.17, 15) is 18.0 Å². The number of ether oxygens (including phenoxy) is 1. The molecule has 94 valence electrons. The van der Waals surface area contributed by atoms with Crippen LogP contribution in [0.4, 0.5) is 4.79 Å². The van der Waals surface area contributed by atoms with Crippen LogP contribution in [0.3, 0.4) is 0 Å². The van der Waals surface area contributed by atoms with Gasteiger partial charge in [0.05, 0.1) is 7.11 Å². The lowest BCUT2D eigenvalue weighted by Gasteiger charge is -2.10. The number of methoxy groups -OCH3 is 1. The number of hydrogen-bond donors (Lipinski definition) is 0. The number of amides is 1. The number of carbonyl (C=O) groups is 2. The first kappa shape index (κ1) is 13.7. The molecule has 0 spiro atoms. The highest BCUT2D eigenvalue weighted by Crippen LogP contribution is 2.24. The van der Waals surface area contributed by atoms with E-state index >= 15 is 0 Å². The summed E-state index contributed by atoms with van der Waals surface area (Å²) in [6.07, 6.45) is 0. The van der Waals surface area contributed by atoms with Crippen molar-refractivity contribution in [2.45, 2.75) is 4.90 Å². The van der Waals surface area contributed by atoms with Crippen molar-refractivity contribution in [3.63, 3.8) is 0 Å². The van der Waals surface area contributed by atoms with Crippen LogP contribution in [0.25, 0.3) is 0 Å². The molecular weight excluding hydrogens is 266 g/mol. The van der Waals surface area contributed by atoms with E-state index in [2.05, 4.69) is 4.74 Å². The second kappa shape index (κ2) is 4.84. The van der Waals surface area contributed by atoms with Gasteiger partial charge in [0.25, 0.3) is 9.84 Å². The minimum absolute atomic E-state index is 0.0947. The van der Waals surface area contributed by atoms with Gasteiger partial charge >= 0.3 is 11.2 Å². The van der Waals surface area contributed by atoms with Crippen LogP contribution in [0, 0.1) is 0 Å². The summed E-state index contributed by atoms with van der Waals surface area (Å²) >= 11 is 0.914. The van der Waals surface area contributed by atoms with Gasteiger partial charge in [-0.1, -0.05) is 0 Å². The Morgan fingerprint density at radius 3 is 2.41 bits per heavy atom. The summed E-state index contributed by atoms with van der Waals surface area (Å²) in [5.74, 6) is -0.773. The highest BCUT2D eigenvalue weighted by Gasteiger charge is 2.32. The van der Waals surface area contributed by atoms with Crippen molar-refractivity contribution < 1.29 is 22.7 Å². The van der Waals surface area contributed by atoms with Gasteiger partial charge in [-0.05, 0) is 11.4 Å². The molecule has 0 radical (unpaired) electrons. The fraction of sp³-hybridized carbons (Fsp3) is 0.333. The molecule has 6 nitrogen and oxygen atoms in total. The van der Waals surface area contributed by atoms with Crippen molar-refractivity contribution in [3.05, 3.63) is 16.3 Å². The summed E-state index contributed by atoms with van der Waals surface area (Å²) in [6, 6.07) is 1.22. The Kier molecular flexibility index (Phi) is 3.89. The molecule has 0 fully saturated rings. The van der Waals surface area contributed by atoms with E-state index in [-0.39, 0.29) is 9.77 Å². The van der Waals surface area contributed by atoms with Crippen LogP contribution in [-0.4, -0.2) is 45.7 Å². The van der Waals surface area contributed by atoms with Gasteiger partial charge < -0.3 is 9.64 Å². The Morgan fingerprint density at radius 1 is 1.35 bits per heavy atom. The van der Waals surface area contributed by atoms with Gasteiger partial charge in [-0.2, -0.15) is 0 Å². The van der Waals surface area contributed by atoms with Crippen LogP contribution in [0.2, 0.25) is 0 Å². The number of hydrogen-bond acceptors (Lipinski definition) is 6. The molecule has 0 saturated carbocycles. The van der Waals surface area contributed by atoms with Crippen LogP contribution in [0.15, 0.2) is 16.3 Å². The smallest absolute Gasteiger partial charge is 0.349 e. The molecule has 0 aliphatic carbocycles. The molecule has 0 unspecified atom stereocenters. The highest BCUT2D eigenvalue weighted by molar-refractivity contribution is 8.06. The Balaban J connectivity index is 3.31. The molecule has 1 aromatic rings. The lowest BCUT2D eigenvalue weighted by atomic mass is 10.5. The van der Waals surface area contributed by atoms with Crippen LogP contribution in [0.1, 0.15) is 9.67 Å². The van der Waals surface area contributed by atoms with Crippen molar-refractivity contribution in [1.82, 2.24) is 4.90 Å². The van der Waals surface area contributed by atoms with Crippen molar-refractivity contribution in [3.8, 4) is 0 Å². The van der Waals surface area contributed by atoms with E-state index in [4.69, 9.17) is 0 Å². The third kappa shape index (κ3) is 2.47. The first-order chi connectivity index (χ1) is 7.82. The van der Waals surface area contributed by atoms with E-state index in [1.54, 1.807) is 0 Å². The van der Waals surface area contributed by atoms with Crippen LogP contribution in [0.5, 0.6) is 0 Å². The molecule has 1 aromatic heterocycles. The van der Waals surface area contributed by atoms with Gasteiger partial charge in [-0.15, -0.1) is 11.3 Å². The predicted octanol–water partition coefficient (Wildman–Crippen LogP) is 0.990. The maximum Gasteiger partial charge on any atom is 0.349 e. The molecule has 8 heteroatoms. The van der Waals surface area contributed by atoms with Gasteiger partial charge in [0.1, 0.15) is 9.77 Å². The van der Waals surface area contributed by atoms with E-state index in [0.717, 1.165) is 23.3 Å². The van der Waals surface area contributed by atoms with Crippen molar-refractivity contribution in [2.75, 3.05) is 21.2 Å². The maximum atomic E-state index is 11.9. The minimum atomic E-state index is -4.18. The molecule has 1 rings (SSSR count). The second-order valence-electron chi connectivity index (χ2n) is 3.27. The summed E-state index contributed by atoms with van der Waals surface area (Å²) in [6.45, 7) is 0. The van der Waals surface area contributed by atoms with Gasteiger partial charge in [0, 0.05) is 14.1 Å². The third-order valence-corrected chi connectivity index (χ3v) is 4.65. The normalized spacial score (nSPS) is 11.0. The maximum absolute atomic E-state index is 11.9. The van der Waals surface area contributed by atoms with E-state index in [0.29, 0.717) is 0 Å². The monoisotopic (exact) mass is 277 g/mol. The van der Waals surface area contributed by atoms with E-state index < -0.39 is 21.0 Å². The molecule has 17 heavy (non-hydrogen) atoms. The number of esters is 1. The number of rotatable bonds is 2. The Bertz CT molecular complexity index is 543. The average Bonchev–Trinajstić information content (AvgIpc) is 2.76. The van der Waals surface area contributed by atoms with Crippen molar-refractivity contribution >= 4 is 32.4 Å². The molecule has 0 bridgehead atoms.